The fourth-order valence-corrected chi connectivity index (χ4v) is 3.57. The number of rotatable bonds is 5. The van der Waals surface area contributed by atoms with Crippen LogP contribution >= 0.6 is 0 Å². The van der Waals surface area contributed by atoms with Crippen molar-refractivity contribution in [1.82, 2.24) is 0 Å². The number of carbonyl (C=O) groups excluding carboxylic acids is 2. The number of nitrogens with two attached hydrogens (primary N) is 1. The molecular formula is C21H25N3O2. The highest BCUT2D eigenvalue weighted by Gasteiger charge is 2.23. The van der Waals surface area contributed by atoms with Crippen LogP contribution in [0.2, 0.25) is 0 Å². The zero-order valence-electron chi connectivity index (χ0n) is 15.3. The summed E-state index contributed by atoms with van der Waals surface area (Å²) in [6.07, 6.45) is 1.70. The second-order valence-corrected chi connectivity index (χ2v) is 6.98. The summed E-state index contributed by atoms with van der Waals surface area (Å²) in [5, 5.41) is 3.04. The third kappa shape index (κ3) is 3.72. The number of anilines is 2. The second-order valence-electron chi connectivity index (χ2n) is 6.98. The maximum atomic E-state index is 12.6. The van der Waals surface area contributed by atoms with Gasteiger partial charge in [0.2, 0.25) is 11.8 Å². The predicted molar refractivity (Wildman–Crippen MR) is 105 cm³/mol. The van der Waals surface area contributed by atoms with Crippen LogP contribution in [0.3, 0.4) is 0 Å². The lowest BCUT2D eigenvalue weighted by Gasteiger charge is -2.31. The van der Waals surface area contributed by atoms with Crippen molar-refractivity contribution >= 4 is 23.2 Å². The molecule has 26 heavy (non-hydrogen) atoms. The summed E-state index contributed by atoms with van der Waals surface area (Å²) < 4.78 is 0. The van der Waals surface area contributed by atoms with Crippen LogP contribution in [0.5, 0.6) is 0 Å². The Kier molecular flexibility index (Phi) is 5.26. The first-order valence-corrected chi connectivity index (χ1v) is 9.02. The van der Waals surface area contributed by atoms with Crippen molar-refractivity contribution in [3.63, 3.8) is 0 Å². The van der Waals surface area contributed by atoms with Crippen molar-refractivity contribution in [3.8, 4) is 0 Å². The van der Waals surface area contributed by atoms with Crippen molar-refractivity contribution in [2.24, 2.45) is 5.73 Å². The normalized spacial score (nSPS) is 13.4. The van der Waals surface area contributed by atoms with Gasteiger partial charge in [0.25, 0.3) is 0 Å². The largest absolute Gasteiger partial charge is 0.366 e. The van der Waals surface area contributed by atoms with E-state index in [0.717, 1.165) is 41.9 Å². The Morgan fingerprint density at radius 1 is 1.15 bits per heavy atom. The molecule has 2 amide bonds. The molecule has 5 nitrogen and oxygen atoms in total. The van der Waals surface area contributed by atoms with E-state index in [0.29, 0.717) is 11.5 Å². The number of benzene rings is 2. The minimum absolute atomic E-state index is 0.0598. The number of hydrogen-bond donors (Lipinski definition) is 2. The number of nitrogens with one attached hydrogen (secondary N) is 1. The van der Waals surface area contributed by atoms with Crippen LogP contribution in [0.15, 0.2) is 42.5 Å². The van der Waals surface area contributed by atoms with Gasteiger partial charge in [0.1, 0.15) is 0 Å². The molecular weight excluding hydrogens is 326 g/mol. The molecule has 0 atom stereocenters. The van der Waals surface area contributed by atoms with Gasteiger partial charge < -0.3 is 16.0 Å². The van der Waals surface area contributed by atoms with Gasteiger partial charge in [-0.3, -0.25) is 9.59 Å². The Labute approximate surface area is 154 Å². The van der Waals surface area contributed by atoms with E-state index in [1.54, 1.807) is 6.07 Å². The van der Waals surface area contributed by atoms with Gasteiger partial charge in [-0.15, -0.1) is 0 Å². The second kappa shape index (κ2) is 7.60. The van der Waals surface area contributed by atoms with Crippen LogP contribution in [-0.4, -0.2) is 24.9 Å². The molecule has 1 aliphatic heterocycles. The Bertz CT molecular complexity index is 830. The van der Waals surface area contributed by atoms with Crippen molar-refractivity contribution in [2.75, 3.05) is 23.3 Å². The first kappa shape index (κ1) is 18.0. The molecule has 5 heteroatoms. The highest BCUT2D eigenvalue weighted by Crippen LogP contribution is 2.30. The van der Waals surface area contributed by atoms with E-state index in [-0.39, 0.29) is 12.5 Å². The van der Waals surface area contributed by atoms with E-state index >= 15 is 0 Å². The summed E-state index contributed by atoms with van der Waals surface area (Å²) in [5.41, 5.74) is 9.90. The van der Waals surface area contributed by atoms with Gasteiger partial charge in [0, 0.05) is 23.5 Å². The van der Waals surface area contributed by atoms with Gasteiger partial charge in [-0.1, -0.05) is 38.1 Å². The molecule has 0 radical (unpaired) electrons. The topological polar surface area (TPSA) is 75.4 Å². The molecule has 0 saturated heterocycles. The maximum Gasteiger partial charge on any atom is 0.249 e. The van der Waals surface area contributed by atoms with Gasteiger partial charge in [0.15, 0.2) is 0 Å². The molecule has 0 spiro atoms. The van der Waals surface area contributed by atoms with Crippen LogP contribution in [0.25, 0.3) is 0 Å². The molecule has 0 saturated carbocycles. The van der Waals surface area contributed by atoms with E-state index in [1.165, 1.54) is 0 Å². The average molecular weight is 351 g/mol. The Morgan fingerprint density at radius 3 is 2.65 bits per heavy atom. The van der Waals surface area contributed by atoms with Gasteiger partial charge in [-0.25, -0.2) is 0 Å². The summed E-state index contributed by atoms with van der Waals surface area (Å²) in [6.45, 7) is 5.25. The van der Waals surface area contributed by atoms with Crippen LogP contribution in [0.4, 0.5) is 11.4 Å². The Hall–Kier alpha value is -2.82. The van der Waals surface area contributed by atoms with Crippen LogP contribution in [0, 0.1) is 0 Å². The molecule has 0 aliphatic carbocycles. The number of hydrogen-bond acceptors (Lipinski definition) is 3. The zero-order chi connectivity index (χ0) is 18.7. The van der Waals surface area contributed by atoms with Crippen molar-refractivity contribution < 1.29 is 9.59 Å². The first-order chi connectivity index (χ1) is 12.5. The zero-order valence-corrected chi connectivity index (χ0v) is 15.3. The smallest absolute Gasteiger partial charge is 0.249 e. The molecule has 3 N–H and O–H groups in total. The minimum Gasteiger partial charge on any atom is -0.366 e. The van der Waals surface area contributed by atoms with E-state index in [4.69, 9.17) is 5.73 Å². The quantitative estimate of drug-likeness (QED) is 0.868. The van der Waals surface area contributed by atoms with Crippen molar-refractivity contribution in [3.05, 3.63) is 59.2 Å². The molecule has 2 aromatic carbocycles. The van der Waals surface area contributed by atoms with Gasteiger partial charge in [-0.05, 0) is 48.1 Å². The third-order valence-electron chi connectivity index (χ3n) is 4.80. The number of primary amides is 1. The molecule has 0 fully saturated rings. The average Bonchev–Trinajstić information content (AvgIpc) is 2.61. The summed E-state index contributed by atoms with van der Waals surface area (Å²) >= 11 is 0. The number of carbonyl (C=O) groups is 2. The van der Waals surface area contributed by atoms with E-state index < -0.39 is 5.91 Å². The monoisotopic (exact) mass is 351 g/mol. The fraction of sp³-hybridized carbons (Fsp3) is 0.333. The fourth-order valence-electron chi connectivity index (χ4n) is 3.57. The maximum absolute atomic E-state index is 12.6. The number of nitrogens with zero attached hydrogens (tertiary/aromatic N) is 1. The molecule has 0 unspecified atom stereocenters. The first-order valence-electron chi connectivity index (χ1n) is 9.02. The molecule has 2 aromatic rings. The molecule has 0 aromatic heterocycles. The summed E-state index contributed by atoms with van der Waals surface area (Å²) in [4.78, 5) is 26.3. The van der Waals surface area contributed by atoms with Crippen molar-refractivity contribution in [2.45, 2.75) is 32.6 Å². The number of amides is 2. The lowest BCUT2D eigenvalue weighted by atomic mass is 9.96. The Balaban J connectivity index is 1.78. The highest BCUT2D eigenvalue weighted by atomic mass is 16.2. The standard InChI is InChI=1S/C21H25N3O2/c1-14(2)15-7-3-4-10-18(15)23-20(25)13-24-12-6-9-16-17(21(22)26)8-5-11-19(16)24/h3-5,7-8,10-11,14H,6,9,12-13H2,1-2H3,(H2,22,26)(H,23,25). The van der Waals surface area contributed by atoms with Gasteiger partial charge in [-0.2, -0.15) is 0 Å². The third-order valence-corrected chi connectivity index (χ3v) is 4.80. The molecule has 1 heterocycles. The summed E-state index contributed by atoms with van der Waals surface area (Å²) in [5.74, 6) is -0.144. The SMILES string of the molecule is CC(C)c1ccccc1NC(=O)CN1CCCc2c(C(N)=O)cccc21. The Morgan fingerprint density at radius 2 is 1.92 bits per heavy atom. The van der Waals surface area contributed by atoms with Crippen LogP contribution in [-0.2, 0) is 11.2 Å². The molecule has 1 aliphatic rings. The van der Waals surface area contributed by atoms with Crippen LogP contribution < -0.4 is 16.0 Å². The van der Waals surface area contributed by atoms with E-state index in [9.17, 15) is 9.59 Å². The van der Waals surface area contributed by atoms with E-state index in [2.05, 4.69) is 19.2 Å². The summed E-state index contributed by atoms with van der Waals surface area (Å²) in [6, 6.07) is 13.4. The van der Waals surface area contributed by atoms with Gasteiger partial charge in [0.05, 0.1) is 6.54 Å². The predicted octanol–water partition coefficient (Wildman–Crippen LogP) is 3.30. The van der Waals surface area contributed by atoms with Gasteiger partial charge >= 0.3 is 0 Å². The molecule has 0 bridgehead atoms. The molecule has 136 valence electrons. The number of fused-ring (bicyclic) bond motifs is 1. The summed E-state index contributed by atoms with van der Waals surface area (Å²) in [7, 11) is 0. The van der Waals surface area contributed by atoms with E-state index in [1.807, 2.05) is 41.3 Å². The molecule has 3 rings (SSSR count). The van der Waals surface area contributed by atoms with Crippen LogP contribution in [0.1, 0.15) is 47.7 Å². The highest BCUT2D eigenvalue weighted by molar-refractivity contribution is 5.98. The number of para-hydroxylation sites is 1. The lowest BCUT2D eigenvalue weighted by Crippen LogP contribution is -2.37. The van der Waals surface area contributed by atoms with Crippen molar-refractivity contribution in [1.29, 1.82) is 0 Å². The minimum atomic E-state index is -0.418. The lowest BCUT2D eigenvalue weighted by molar-refractivity contribution is -0.115.